The van der Waals surface area contributed by atoms with Crippen LogP contribution in [0, 0.1) is 5.41 Å². The van der Waals surface area contributed by atoms with E-state index in [4.69, 9.17) is 19.6 Å². The normalized spacial score (nSPS) is 17.8. The van der Waals surface area contributed by atoms with Gasteiger partial charge in [-0.25, -0.2) is 4.79 Å². The first-order chi connectivity index (χ1) is 11.0. The first-order valence-electron chi connectivity index (χ1n) is 7.62. The van der Waals surface area contributed by atoms with Gasteiger partial charge in [0.25, 0.3) is 0 Å². The Morgan fingerprint density at radius 2 is 2.00 bits per heavy atom. The number of esters is 1. The molecule has 1 aliphatic heterocycles. The summed E-state index contributed by atoms with van der Waals surface area (Å²) in [4.78, 5) is 35.4. The number of ketones is 1. The summed E-state index contributed by atoms with van der Waals surface area (Å²) in [5.74, 6) is -1.45. The second kappa shape index (κ2) is 10.1. The average Bonchev–Trinajstić information content (AvgIpc) is 2.57. The van der Waals surface area contributed by atoms with Crippen molar-refractivity contribution in [3.63, 3.8) is 0 Å². The minimum atomic E-state index is -0.938. The molecule has 8 heteroatoms. The van der Waals surface area contributed by atoms with Crippen LogP contribution in [-0.4, -0.2) is 62.4 Å². The zero-order chi connectivity index (χ0) is 17.2. The van der Waals surface area contributed by atoms with Crippen LogP contribution in [-0.2, 0) is 28.6 Å². The predicted octanol–water partition coefficient (Wildman–Crippen LogP) is 0.227. The Morgan fingerprint density at radius 1 is 1.35 bits per heavy atom. The number of nitrogens with one attached hydrogen (secondary N) is 2. The molecular formula is C15H24N2O6. The molecule has 23 heavy (non-hydrogen) atoms. The Kier molecular flexibility index (Phi) is 8.42. The molecule has 0 aromatic rings. The van der Waals surface area contributed by atoms with Gasteiger partial charge in [-0.3, -0.25) is 9.59 Å². The fourth-order valence-corrected chi connectivity index (χ4v) is 2.04. The van der Waals surface area contributed by atoms with Gasteiger partial charge >= 0.3 is 5.97 Å². The lowest BCUT2D eigenvalue weighted by Crippen LogP contribution is -2.47. The molecule has 1 saturated heterocycles. The van der Waals surface area contributed by atoms with E-state index in [1.807, 2.05) is 0 Å². The van der Waals surface area contributed by atoms with E-state index in [2.05, 4.69) is 5.32 Å². The molecule has 1 aliphatic rings. The number of methoxy groups -OCH3 is 1. The molecule has 2 N–H and O–H groups in total. The maximum absolute atomic E-state index is 12.3. The number of carbonyl (C=O) groups is 3. The lowest BCUT2D eigenvalue weighted by atomic mass is 10.1. The Balaban J connectivity index is 2.63. The summed E-state index contributed by atoms with van der Waals surface area (Å²) in [7, 11) is 1.39. The summed E-state index contributed by atoms with van der Waals surface area (Å²) in [5.41, 5.74) is 0. The third-order valence-corrected chi connectivity index (χ3v) is 3.62. The first-order valence-corrected chi connectivity index (χ1v) is 7.62. The van der Waals surface area contributed by atoms with E-state index in [-0.39, 0.29) is 18.9 Å². The zero-order valence-electron chi connectivity index (χ0n) is 13.5. The molecule has 0 aliphatic carbocycles. The number of amides is 1. The van der Waals surface area contributed by atoms with E-state index in [0.29, 0.717) is 32.3 Å². The standard InChI is InChI=1S/C15H24N2O6/c1-10(21-2)14(19)17-13(4-3-11(18)9-16)15(20)23-12-5-7-22-8-6-12/h9-10,12-13,16H,3-8H2,1-2H3,(H,17,19)/t10-,13+/m1/s1. The van der Waals surface area contributed by atoms with Crippen molar-refractivity contribution in [1.82, 2.24) is 5.32 Å². The molecule has 1 rings (SSSR count). The highest BCUT2D eigenvalue weighted by molar-refractivity contribution is 6.26. The minimum absolute atomic E-state index is 0.0152. The molecule has 0 aromatic heterocycles. The number of rotatable bonds is 9. The van der Waals surface area contributed by atoms with Crippen molar-refractivity contribution < 1.29 is 28.6 Å². The van der Waals surface area contributed by atoms with E-state index >= 15 is 0 Å². The highest BCUT2D eigenvalue weighted by Crippen LogP contribution is 2.13. The maximum atomic E-state index is 12.3. The highest BCUT2D eigenvalue weighted by atomic mass is 16.6. The summed E-state index contributed by atoms with van der Waals surface area (Å²) in [5, 5.41) is 9.43. The van der Waals surface area contributed by atoms with Gasteiger partial charge in [-0.15, -0.1) is 0 Å². The van der Waals surface area contributed by atoms with Gasteiger partial charge < -0.3 is 24.9 Å². The third kappa shape index (κ3) is 6.87. The molecule has 2 atom stereocenters. The van der Waals surface area contributed by atoms with Crippen LogP contribution < -0.4 is 5.32 Å². The number of hydrogen-bond donors (Lipinski definition) is 2. The summed E-state index contributed by atoms with van der Waals surface area (Å²) in [6.45, 7) is 2.61. The van der Waals surface area contributed by atoms with Crippen LogP contribution in [0.5, 0.6) is 0 Å². The van der Waals surface area contributed by atoms with Gasteiger partial charge in [-0.2, -0.15) is 0 Å². The molecule has 0 bridgehead atoms. The highest BCUT2D eigenvalue weighted by Gasteiger charge is 2.28. The second-order valence-corrected chi connectivity index (χ2v) is 5.34. The Labute approximate surface area is 135 Å². The molecule has 1 heterocycles. The van der Waals surface area contributed by atoms with Gasteiger partial charge in [-0.1, -0.05) is 0 Å². The largest absolute Gasteiger partial charge is 0.461 e. The lowest BCUT2D eigenvalue weighted by Gasteiger charge is -2.25. The third-order valence-electron chi connectivity index (χ3n) is 3.62. The van der Waals surface area contributed by atoms with E-state index in [0.717, 1.165) is 0 Å². The van der Waals surface area contributed by atoms with Crippen LogP contribution in [0.25, 0.3) is 0 Å². The Hall–Kier alpha value is -1.80. The van der Waals surface area contributed by atoms with Crippen LogP contribution in [0.15, 0.2) is 0 Å². The predicted molar refractivity (Wildman–Crippen MR) is 81.4 cm³/mol. The minimum Gasteiger partial charge on any atom is -0.461 e. The summed E-state index contributed by atoms with van der Waals surface area (Å²) < 4.78 is 15.5. The van der Waals surface area contributed by atoms with Gasteiger partial charge in [0, 0.05) is 26.4 Å². The monoisotopic (exact) mass is 328 g/mol. The molecule has 1 fully saturated rings. The van der Waals surface area contributed by atoms with E-state index in [1.165, 1.54) is 7.11 Å². The Morgan fingerprint density at radius 3 is 2.57 bits per heavy atom. The van der Waals surface area contributed by atoms with E-state index in [9.17, 15) is 14.4 Å². The first kappa shape index (κ1) is 19.2. The van der Waals surface area contributed by atoms with Gasteiger partial charge in [0.15, 0.2) is 5.78 Å². The molecular weight excluding hydrogens is 304 g/mol. The molecule has 0 spiro atoms. The summed E-state index contributed by atoms with van der Waals surface area (Å²) in [6, 6.07) is -0.938. The van der Waals surface area contributed by atoms with Crippen LogP contribution in [0.4, 0.5) is 0 Å². The maximum Gasteiger partial charge on any atom is 0.328 e. The fraction of sp³-hybridized carbons (Fsp3) is 0.733. The van der Waals surface area contributed by atoms with Crippen molar-refractivity contribution in [2.75, 3.05) is 20.3 Å². The number of ether oxygens (including phenoxy) is 3. The van der Waals surface area contributed by atoms with Gasteiger partial charge in [0.05, 0.1) is 19.4 Å². The van der Waals surface area contributed by atoms with Gasteiger partial charge in [0.2, 0.25) is 5.91 Å². The quantitative estimate of drug-likeness (QED) is 0.462. The molecule has 8 nitrogen and oxygen atoms in total. The smallest absolute Gasteiger partial charge is 0.328 e. The zero-order valence-corrected chi connectivity index (χ0v) is 13.5. The van der Waals surface area contributed by atoms with Crippen molar-refractivity contribution in [1.29, 1.82) is 5.41 Å². The van der Waals surface area contributed by atoms with Crippen molar-refractivity contribution in [2.45, 2.75) is 50.9 Å². The number of carbonyl (C=O) groups excluding carboxylic acids is 3. The van der Waals surface area contributed by atoms with Gasteiger partial charge in [-0.05, 0) is 13.3 Å². The number of hydrogen-bond acceptors (Lipinski definition) is 7. The average molecular weight is 328 g/mol. The van der Waals surface area contributed by atoms with Crippen molar-refractivity contribution >= 4 is 23.9 Å². The molecule has 0 radical (unpaired) electrons. The van der Waals surface area contributed by atoms with Crippen LogP contribution in [0.2, 0.25) is 0 Å². The van der Waals surface area contributed by atoms with Crippen molar-refractivity contribution in [3.8, 4) is 0 Å². The van der Waals surface area contributed by atoms with E-state index in [1.54, 1.807) is 6.92 Å². The molecule has 1 amide bonds. The molecule has 0 saturated carbocycles. The lowest BCUT2D eigenvalue weighted by molar-refractivity contribution is -0.157. The van der Waals surface area contributed by atoms with Crippen LogP contribution in [0.3, 0.4) is 0 Å². The van der Waals surface area contributed by atoms with Crippen LogP contribution >= 0.6 is 0 Å². The van der Waals surface area contributed by atoms with Gasteiger partial charge in [0.1, 0.15) is 18.2 Å². The molecule has 130 valence electrons. The van der Waals surface area contributed by atoms with E-state index < -0.39 is 29.8 Å². The molecule has 0 aromatic carbocycles. The SMILES string of the molecule is CO[C@H](C)C(=O)N[C@@H](CCC(=O)C=N)C(=O)OC1CCOCC1. The summed E-state index contributed by atoms with van der Waals surface area (Å²) >= 11 is 0. The van der Waals surface area contributed by atoms with Crippen LogP contribution in [0.1, 0.15) is 32.6 Å². The fourth-order valence-electron chi connectivity index (χ4n) is 2.04. The Bertz CT molecular complexity index is 434. The topological polar surface area (TPSA) is 115 Å². The second-order valence-electron chi connectivity index (χ2n) is 5.34. The van der Waals surface area contributed by atoms with Crippen molar-refractivity contribution in [3.05, 3.63) is 0 Å². The summed E-state index contributed by atoms with van der Waals surface area (Å²) in [6.07, 6.45) is 1.03. The molecule has 0 unspecified atom stereocenters. The van der Waals surface area contributed by atoms with Crippen molar-refractivity contribution in [2.24, 2.45) is 0 Å². The number of Topliss-reactive ketones (excluding diaryl/α,β-unsaturated/α-hetero) is 1.